The number of alkyl halides is 3. The average molecular weight is 499 g/mol. The first kappa shape index (κ1) is 23.9. The third kappa shape index (κ3) is 5.28. The van der Waals surface area contributed by atoms with Crippen LogP contribution in [0.25, 0.3) is 5.57 Å². The first-order valence-electron chi connectivity index (χ1n) is 10.6. The predicted octanol–water partition coefficient (Wildman–Crippen LogP) is 5.09. The van der Waals surface area contributed by atoms with Gasteiger partial charge >= 0.3 is 12.2 Å². The lowest BCUT2D eigenvalue weighted by molar-refractivity contribution is -0.141. The smallest absolute Gasteiger partial charge is 0.352 e. The van der Waals surface area contributed by atoms with Crippen LogP contribution in [0.5, 0.6) is 0 Å². The number of urea groups is 1. The summed E-state index contributed by atoms with van der Waals surface area (Å²) in [5, 5.41) is 3.00. The number of aryl methyl sites for hydroxylation is 1. The van der Waals surface area contributed by atoms with Crippen molar-refractivity contribution in [3.8, 4) is 0 Å². The van der Waals surface area contributed by atoms with Gasteiger partial charge in [-0.05, 0) is 78.8 Å². The molecule has 2 heterocycles. The minimum atomic E-state index is -4.59. The molecule has 10 heteroatoms. The first-order chi connectivity index (χ1) is 15.6. The minimum absolute atomic E-state index is 0.0451. The molecule has 2 aliphatic rings. The highest BCUT2D eigenvalue weighted by molar-refractivity contribution is 6.31. The zero-order chi connectivity index (χ0) is 23.8. The van der Waals surface area contributed by atoms with Gasteiger partial charge in [-0.3, -0.25) is 4.90 Å². The summed E-state index contributed by atoms with van der Waals surface area (Å²) in [4.78, 5) is 17.4. The zero-order valence-electron chi connectivity index (χ0n) is 17.7. The Kier molecular flexibility index (Phi) is 6.88. The van der Waals surface area contributed by atoms with Crippen molar-refractivity contribution in [2.75, 3.05) is 19.6 Å². The summed E-state index contributed by atoms with van der Waals surface area (Å²) in [7, 11) is 0. The van der Waals surface area contributed by atoms with Crippen molar-refractivity contribution in [1.29, 1.82) is 0 Å². The number of hydrogen-bond donors (Lipinski definition) is 2. The van der Waals surface area contributed by atoms with E-state index < -0.39 is 22.9 Å². The lowest BCUT2D eigenvalue weighted by Crippen LogP contribution is -2.49. The second-order valence-electron chi connectivity index (χ2n) is 8.26. The van der Waals surface area contributed by atoms with Crippen LogP contribution >= 0.6 is 23.2 Å². The number of hydrogen-bond acceptors (Lipinski definition) is 3. The van der Waals surface area contributed by atoms with Gasteiger partial charge in [0, 0.05) is 29.8 Å². The van der Waals surface area contributed by atoms with E-state index in [0.717, 1.165) is 24.9 Å². The van der Waals surface area contributed by atoms with Gasteiger partial charge in [-0.15, -0.1) is 0 Å². The third-order valence-corrected chi connectivity index (χ3v) is 6.72. The number of amides is 2. The Morgan fingerprint density at radius 3 is 2.76 bits per heavy atom. The van der Waals surface area contributed by atoms with Crippen LogP contribution < -0.4 is 11.1 Å². The van der Waals surface area contributed by atoms with Crippen LogP contribution in [0.1, 0.15) is 35.4 Å². The summed E-state index contributed by atoms with van der Waals surface area (Å²) < 4.78 is 39.3. The number of carbonyl (C=O) groups excluding carboxylic acids is 1. The monoisotopic (exact) mass is 498 g/mol. The van der Waals surface area contributed by atoms with Crippen LogP contribution in [-0.2, 0) is 19.0 Å². The van der Waals surface area contributed by atoms with E-state index in [-0.39, 0.29) is 6.04 Å². The first-order valence-corrected chi connectivity index (χ1v) is 11.4. The van der Waals surface area contributed by atoms with Crippen molar-refractivity contribution in [1.82, 2.24) is 15.2 Å². The van der Waals surface area contributed by atoms with Gasteiger partial charge in [0.05, 0.1) is 5.02 Å². The van der Waals surface area contributed by atoms with Crippen LogP contribution in [-0.4, -0.2) is 41.6 Å². The molecular formula is C23H23Cl2F3N4O. The summed E-state index contributed by atoms with van der Waals surface area (Å²) in [6, 6.07) is 8.02. The number of rotatable bonds is 6. The maximum Gasteiger partial charge on any atom is 0.434 e. The molecule has 1 aliphatic carbocycles. The normalized spacial score (nSPS) is 18.3. The van der Waals surface area contributed by atoms with Crippen molar-refractivity contribution in [2.45, 2.75) is 37.9 Å². The van der Waals surface area contributed by atoms with E-state index in [2.05, 4.69) is 15.2 Å². The van der Waals surface area contributed by atoms with Crippen LogP contribution in [0, 0.1) is 0 Å². The fourth-order valence-electron chi connectivity index (χ4n) is 4.72. The van der Waals surface area contributed by atoms with E-state index in [1.54, 1.807) is 0 Å². The number of fused-ring (bicyclic) bond motifs is 2. The molecule has 0 radical (unpaired) electrons. The Labute approximate surface area is 199 Å². The molecule has 1 aromatic heterocycles. The van der Waals surface area contributed by atoms with Crippen LogP contribution in [0.3, 0.4) is 0 Å². The van der Waals surface area contributed by atoms with Gasteiger partial charge in [0.15, 0.2) is 5.69 Å². The number of carbonyl (C=O) groups is 1. The minimum Gasteiger partial charge on any atom is -0.352 e. The Morgan fingerprint density at radius 2 is 2.03 bits per heavy atom. The molecule has 1 unspecified atom stereocenters. The fraction of sp³-hybridized carbons (Fsp3) is 0.391. The number of benzene rings is 1. The average Bonchev–Trinajstić information content (AvgIpc) is 3.11. The maximum absolute atomic E-state index is 13.1. The quantitative estimate of drug-likeness (QED) is 0.582. The molecule has 0 fully saturated rings. The molecule has 1 aromatic carbocycles. The maximum atomic E-state index is 13.1. The Bertz CT molecular complexity index is 1100. The van der Waals surface area contributed by atoms with Crippen molar-refractivity contribution in [3.05, 3.63) is 68.5 Å². The number of primary amides is 1. The molecule has 4 rings (SSSR count). The number of nitrogens with two attached hydrogens (primary N) is 1. The number of pyridine rings is 1. The second kappa shape index (κ2) is 9.52. The highest BCUT2D eigenvalue weighted by Crippen LogP contribution is 2.42. The lowest BCUT2D eigenvalue weighted by atomic mass is 9.92. The van der Waals surface area contributed by atoms with Crippen LogP contribution in [0.15, 0.2) is 35.9 Å². The van der Waals surface area contributed by atoms with Gasteiger partial charge in [0.25, 0.3) is 0 Å². The topological polar surface area (TPSA) is 71.2 Å². The number of aromatic nitrogens is 1. The van der Waals surface area contributed by atoms with Crippen LogP contribution in [0.4, 0.5) is 18.0 Å². The summed E-state index contributed by atoms with van der Waals surface area (Å²) in [5.41, 5.74) is 9.47. The standard InChI is InChI=1S/C23H23Cl2F3N4O/c24-14-4-3-13-10-18-16(17(13)11-14)7-9-32(20(18)12-30-22(29)33)8-1-2-15-5-6-19(25)21(31-15)23(26,27)28/h3-6,11,20H,1-2,7-10,12H2,(H3,29,30,33). The number of halogens is 5. The molecule has 33 heavy (non-hydrogen) atoms. The molecule has 0 saturated heterocycles. The predicted molar refractivity (Wildman–Crippen MR) is 122 cm³/mol. The summed E-state index contributed by atoms with van der Waals surface area (Å²) in [6.07, 6.45) is -1.98. The van der Waals surface area contributed by atoms with Gasteiger partial charge in [-0.1, -0.05) is 29.3 Å². The molecule has 0 spiro atoms. The molecule has 1 aliphatic heterocycles. The fourth-order valence-corrected chi connectivity index (χ4v) is 5.10. The summed E-state index contributed by atoms with van der Waals surface area (Å²) in [5.74, 6) is 0. The molecule has 2 amide bonds. The number of nitrogens with one attached hydrogen (secondary N) is 1. The Hall–Kier alpha value is -2.29. The molecule has 1 atom stereocenters. The van der Waals surface area contributed by atoms with Gasteiger partial charge in [-0.2, -0.15) is 13.2 Å². The summed E-state index contributed by atoms with van der Waals surface area (Å²) in [6.45, 7) is 1.77. The van der Waals surface area contributed by atoms with E-state index in [0.29, 0.717) is 36.6 Å². The van der Waals surface area contributed by atoms with Crippen LogP contribution in [0.2, 0.25) is 10.0 Å². The second-order valence-corrected chi connectivity index (χ2v) is 9.11. The highest BCUT2D eigenvalue weighted by Gasteiger charge is 2.36. The Morgan fingerprint density at radius 1 is 1.24 bits per heavy atom. The molecule has 5 nitrogen and oxygen atoms in total. The number of nitrogens with zero attached hydrogens (tertiary/aromatic N) is 2. The molecule has 2 aromatic rings. The SMILES string of the molecule is NC(=O)NCC1C2=C(CCN1CCCc1ccc(Cl)c(C(F)(F)F)n1)c1cc(Cl)ccc1C2. The van der Waals surface area contributed by atoms with Crippen molar-refractivity contribution < 1.29 is 18.0 Å². The zero-order valence-corrected chi connectivity index (χ0v) is 19.2. The van der Waals surface area contributed by atoms with E-state index in [1.165, 1.54) is 28.8 Å². The van der Waals surface area contributed by atoms with E-state index >= 15 is 0 Å². The van der Waals surface area contributed by atoms with Crippen molar-refractivity contribution in [3.63, 3.8) is 0 Å². The van der Waals surface area contributed by atoms with Gasteiger partial charge in [0.1, 0.15) is 0 Å². The molecule has 0 bridgehead atoms. The third-order valence-electron chi connectivity index (χ3n) is 6.18. The molecular weight excluding hydrogens is 476 g/mol. The largest absolute Gasteiger partial charge is 0.434 e. The van der Waals surface area contributed by atoms with E-state index in [1.807, 2.05) is 18.2 Å². The van der Waals surface area contributed by atoms with E-state index in [9.17, 15) is 18.0 Å². The molecule has 3 N–H and O–H groups in total. The van der Waals surface area contributed by atoms with Gasteiger partial charge < -0.3 is 11.1 Å². The van der Waals surface area contributed by atoms with Crippen molar-refractivity contribution >= 4 is 34.8 Å². The van der Waals surface area contributed by atoms with Gasteiger partial charge in [-0.25, -0.2) is 9.78 Å². The van der Waals surface area contributed by atoms with Crippen molar-refractivity contribution in [2.24, 2.45) is 5.73 Å². The molecule has 0 saturated carbocycles. The Balaban J connectivity index is 1.48. The highest BCUT2D eigenvalue weighted by atomic mass is 35.5. The van der Waals surface area contributed by atoms with Gasteiger partial charge in [0.2, 0.25) is 0 Å². The van der Waals surface area contributed by atoms with E-state index in [4.69, 9.17) is 28.9 Å². The lowest BCUT2D eigenvalue weighted by Gasteiger charge is -2.37. The summed E-state index contributed by atoms with van der Waals surface area (Å²) >= 11 is 11.9. The molecule has 176 valence electrons.